The number of halogens is 1. The van der Waals surface area contributed by atoms with Crippen LogP contribution >= 0.6 is 11.6 Å². The van der Waals surface area contributed by atoms with Gasteiger partial charge in [0, 0.05) is 19.7 Å². The van der Waals surface area contributed by atoms with Gasteiger partial charge in [0.05, 0.1) is 0 Å². The molecule has 92 valence electrons. The van der Waals surface area contributed by atoms with Crippen LogP contribution in [0, 0.1) is 5.92 Å². The van der Waals surface area contributed by atoms with Crippen LogP contribution in [0.25, 0.3) is 0 Å². The van der Waals surface area contributed by atoms with E-state index in [2.05, 4.69) is 10.2 Å². The molecular formula is C11H14ClN3O2. The molecular weight excluding hydrogens is 242 g/mol. The zero-order valence-electron chi connectivity index (χ0n) is 9.34. The number of rotatable bonds is 3. The fraction of sp³-hybridized carbons (Fsp3) is 0.545. The maximum atomic E-state index is 12.0. The molecule has 0 radical (unpaired) electrons. The van der Waals surface area contributed by atoms with Crippen LogP contribution in [0.2, 0.25) is 5.15 Å². The number of carbonyl (C=O) groups is 1. The summed E-state index contributed by atoms with van der Waals surface area (Å²) in [6.07, 6.45) is 1.68. The average molecular weight is 256 g/mol. The van der Waals surface area contributed by atoms with Crippen molar-refractivity contribution in [2.24, 2.45) is 5.92 Å². The Morgan fingerprint density at radius 1 is 1.53 bits per heavy atom. The Kier molecular flexibility index (Phi) is 3.91. The van der Waals surface area contributed by atoms with E-state index in [9.17, 15) is 4.79 Å². The van der Waals surface area contributed by atoms with Gasteiger partial charge in [-0.05, 0) is 30.9 Å². The van der Waals surface area contributed by atoms with Crippen molar-refractivity contribution >= 4 is 17.5 Å². The van der Waals surface area contributed by atoms with E-state index in [1.165, 1.54) is 0 Å². The minimum atomic E-state index is -0.116. The number of hydrogen-bond acceptors (Lipinski definition) is 4. The summed E-state index contributed by atoms with van der Waals surface area (Å²) in [5, 5.41) is 16.6. The van der Waals surface area contributed by atoms with Crippen molar-refractivity contribution in [3.05, 3.63) is 23.0 Å². The highest BCUT2D eigenvalue weighted by molar-refractivity contribution is 6.29. The molecule has 1 aliphatic heterocycles. The van der Waals surface area contributed by atoms with Gasteiger partial charge >= 0.3 is 0 Å². The lowest BCUT2D eigenvalue weighted by molar-refractivity contribution is 0.0778. The minimum Gasteiger partial charge on any atom is -0.396 e. The molecule has 1 atom stereocenters. The lowest BCUT2D eigenvalue weighted by Crippen LogP contribution is -2.29. The largest absolute Gasteiger partial charge is 0.396 e. The molecule has 1 aromatic heterocycles. The molecule has 1 N–H and O–H groups in total. The monoisotopic (exact) mass is 255 g/mol. The highest BCUT2D eigenvalue weighted by Gasteiger charge is 2.27. The van der Waals surface area contributed by atoms with Gasteiger partial charge in [0.2, 0.25) is 0 Å². The first-order valence-electron chi connectivity index (χ1n) is 5.60. The van der Waals surface area contributed by atoms with Crippen LogP contribution in [0.15, 0.2) is 12.1 Å². The molecule has 1 aliphatic rings. The average Bonchev–Trinajstić information content (AvgIpc) is 2.78. The number of likely N-dealkylation sites (tertiary alicyclic amines) is 1. The van der Waals surface area contributed by atoms with Crippen molar-refractivity contribution in [3.8, 4) is 0 Å². The molecule has 0 aromatic carbocycles. The van der Waals surface area contributed by atoms with Crippen LogP contribution in [0.4, 0.5) is 0 Å². The Labute approximate surface area is 104 Å². The summed E-state index contributed by atoms with van der Waals surface area (Å²) in [6, 6.07) is 3.14. The van der Waals surface area contributed by atoms with Gasteiger partial charge in [-0.2, -0.15) is 0 Å². The number of amides is 1. The van der Waals surface area contributed by atoms with Gasteiger partial charge in [0.15, 0.2) is 10.8 Å². The quantitative estimate of drug-likeness (QED) is 0.874. The van der Waals surface area contributed by atoms with Crippen LogP contribution in [0.3, 0.4) is 0 Å². The van der Waals surface area contributed by atoms with Gasteiger partial charge in [-0.25, -0.2) is 0 Å². The van der Waals surface area contributed by atoms with Gasteiger partial charge in [-0.1, -0.05) is 11.6 Å². The number of hydrogen-bond donors (Lipinski definition) is 1. The third kappa shape index (κ3) is 2.92. The van der Waals surface area contributed by atoms with E-state index in [4.69, 9.17) is 16.7 Å². The number of aromatic nitrogens is 2. The molecule has 0 spiro atoms. The van der Waals surface area contributed by atoms with E-state index in [0.717, 1.165) is 12.8 Å². The third-order valence-electron chi connectivity index (χ3n) is 2.96. The first kappa shape index (κ1) is 12.3. The standard InChI is InChI=1S/C11H14ClN3O2/c12-10-2-1-9(13-14-10)11(17)15-5-3-8(7-15)4-6-16/h1-2,8,16H,3-7H2. The maximum absolute atomic E-state index is 12.0. The van der Waals surface area contributed by atoms with E-state index in [0.29, 0.717) is 24.7 Å². The molecule has 0 saturated carbocycles. The summed E-state index contributed by atoms with van der Waals surface area (Å²) in [4.78, 5) is 13.8. The second kappa shape index (κ2) is 5.42. The summed E-state index contributed by atoms with van der Waals surface area (Å²) in [5.41, 5.74) is 0.319. The number of nitrogens with zero attached hydrogens (tertiary/aromatic N) is 3. The second-order valence-corrected chi connectivity index (χ2v) is 4.55. The van der Waals surface area contributed by atoms with Crippen molar-refractivity contribution in [1.82, 2.24) is 15.1 Å². The predicted octanol–water partition coefficient (Wildman–Crippen LogP) is 0.974. The molecule has 2 rings (SSSR count). The Hall–Kier alpha value is -1.20. The van der Waals surface area contributed by atoms with Crippen molar-refractivity contribution < 1.29 is 9.90 Å². The van der Waals surface area contributed by atoms with Crippen molar-refractivity contribution in [2.75, 3.05) is 19.7 Å². The van der Waals surface area contributed by atoms with Crippen LogP contribution in [0.5, 0.6) is 0 Å². The fourth-order valence-corrected chi connectivity index (χ4v) is 2.13. The molecule has 1 saturated heterocycles. The first-order chi connectivity index (χ1) is 8.20. The normalized spacial score (nSPS) is 19.6. The topological polar surface area (TPSA) is 66.3 Å². The minimum absolute atomic E-state index is 0.116. The number of aliphatic hydroxyl groups excluding tert-OH is 1. The summed E-state index contributed by atoms with van der Waals surface area (Å²) >= 11 is 5.61. The summed E-state index contributed by atoms with van der Waals surface area (Å²) in [6.45, 7) is 1.57. The smallest absolute Gasteiger partial charge is 0.274 e. The Balaban J connectivity index is 1.99. The molecule has 0 aliphatic carbocycles. The molecule has 17 heavy (non-hydrogen) atoms. The highest BCUT2D eigenvalue weighted by Crippen LogP contribution is 2.20. The van der Waals surface area contributed by atoms with Gasteiger partial charge in [0.25, 0.3) is 5.91 Å². The molecule has 0 bridgehead atoms. The predicted molar refractivity (Wildman–Crippen MR) is 62.8 cm³/mol. The lowest BCUT2D eigenvalue weighted by Gasteiger charge is -2.15. The zero-order valence-corrected chi connectivity index (χ0v) is 10.1. The third-order valence-corrected chi connectivity index (χ3v) is 3.16. The summed E-state index contributed by atoms with van der Waals surface area (Å²) in [5.74, 6) is 0.277. The lowest BCUT2D eigenvalue weighted by atomic mass is 10.1. The van der Waals surface area contributed by atoms with E-state index >= 15 is 0 Å². The van der Waals surface area contributed by atoms with Crippen LogP contribution in [-0.4, -0.2) is 45.8 Å². The Morgan fingerprint density at radius 3 is 3.00 bits per heavy atom. The molecule has 5 nitrogen and oxygen atoms in total. The Morgan fingerprint density at radius 2 is 2.35 bits per heavy atom. The fourth-order valence-electron chi connectivity index (χ4n) is 2.03. The van der Waals surface area contributed by atoms with Crippen molar-refractivity contribution in [2.45, 2.75) is 12.8 Å². The van der Waals surface area contributed by atoms with Crippen LogP contribution in [0.1, 0.15) is 23.3 Å². The summed E-state index contributed by atoms with van der Waals surface area (Å²) in [7, 11) is 0. The molecule has 1 unspecified atom stereocenters. The molecule has 2 heterocycles. The molecule has 1 amide bonds. The van der Waals surface area contributed by atoms with E-state index in [1.807, 2.05) is 0 Å². The van der Waals surface area contributed by atoms with Gasteiger partial charge in [0.1, 0.15) is 0 Å². The van der Waals surface area contributed by atoms with Gasteiger partial charge in [-0.15, -0.1) is 10.2 Å². The van der Waals surface area contributed by atoms with Crippen molar-refractivity contribution in [3.63, 3.8) is 0 Å². The van der Waals surface area contributed by atoms with Crippen LogP contribution < -0.4 is 0 Å². The summed E-state index contributed by atoms with van der Waals surface area (Å²) < 4.78 is 0. The zero-order chi connectivity index (χ0) is 12.3. The van der Waals surface area contributed by atoms with E-state index in [-0.39, 0.29) is 17.7 Å². The van der Waals surface area contributed by atoms with E-state index in [1.54, 1.807) is 17.0 Å². The number of aliphatic hydroxyl groups is 1. The highest BCUT2D eigenvalue weighted by atomic mass is 35.5. The second-order valence-electron chi connectivity index (χ2n) is 4.16. The molecule has 1 fully saturated rings. The van der Waals surface area contributed by atoms with Gasteiger partial charge in [-0.3, -0.25) is 4.79 Å². The number of carbonyl (C=O) groups excluding carboxylic acids is 1. The first-order valence-corrected chi connectivity index (χ1v) is 5.98. The van der Waals surface area contributed by atoms with Crippen LogP contribution in [-0.2, 0) is 0 Å². The van der Waals surface area contributed by atoms with Crippen molar-refractivity contribution in [1.29, 1.82) is 0 Å². The SMILES string of the molecule is O=C(c1ccc(Cl)nn1)N1CCC(CCO)C1. The van der Waals surface area contributed by atoms with Gasteiger partial charge < -0.3 is 10.0 Å². The maximum Gasteiger partial charge on any atom is 0.274 e. The Bertz CT molecular complexity index is 396. The molecule has 1 aromatic rings. The van der Waals surface area contributed by atoms with E-state index < -0.39 is 0 Å². The molecule has 6 heteroatoms.